The van der Waals surface area contributed by atoms with Crippen LogP contribution in [0.4, 0.5) is 4.39 Å². The Bertz CT molecular complexity index is 149. The first kappa shape index (κ1) is 7.70. The van der Waals surface area contributed by atoms with Gasteiger partial charge in [0.15, 0.2) is 11.5 Å². The van der Waals surface area contributed by atoms with Crippen LogP contribution < -0.4 is 0 Å². The van der Waals surface area contributed by atoms with E-state index in [4.69, 9.17) is 0 Å². The summed E-state index contributed by atoms with van der Waals surface area (Å²) in [5, 5.41) is 0. The maximum Gasteiger partial charge on any atom is 0.172 e. The van der Waals surface area contributed by atoms with Crippen LogP contribution in [0, 0.1) is 5.92 Å². The number of rotatable bonds is 3. The van der Waals surface area contributed by atoms with Gasteiger partial charge in [0.2, 0.25) is 0 Å². The average Bonchev–Trinajstić information content (AvgIpc) is 2.66. The van der Waals surface area contributed by atoms with Crippen LogP contribution in [0.2, 0.25) is 0 Å². The fourth-order valence-corrected chi connectivity index (χ4v) is 0.983. The molecular weight excluding hydrogens is 131 g/mol. The van der Waals surface area contributed by atoms with Gasteiger partial charge in [-0.2, -0.15) is 0 Å². The third-order valence-corrected chi connectivity index (χ3v) is 2.19. The first-order valence-electron chi connectivity index (χ1n) is 3.83. The fraction of sp³-hybridized carbons (Fsp3) is 0.875. The number of Topliss-reactive ketones (excluding diaryl/α,β-unsaturated/α-hetero) is 1. The Kier molecular flexibility index (Phi) is 1.80. The van der Waals surface area contributed by atoms with Crippen molar-refractivity contribution in [3.8, 4) is 0 Å². The van der Waals surface area contributed by atoms with E-state index in [-0.39, 0.29) is 11.7 Å². The molecule has 1 nitrogen and oxygen atoms in total. The first-order chi connectivity index (χ1) is 4.60. The van der Waals surface area contributed by atoms with E-state index in [9.17, 15) is 9.18 Å². The zero-order valence-corrected chi connectivity index (χ0v) is 6.48. The molecule has 1 atom stereocenters. The van der Waals surface area contributed by atoms with E-state index in [1.165, 1.54) is 0 Å². The molecule has 1 aliphatic carbocycles. The lowest BCUT2D eigenvalue weighted by Gasteiger charge is -2.08. The molecule has 0 spiro atoms. The Labute approximate surface area is 60.6 Å². The number of carbonyl (C=O) groups excluding carboxylic acids is 1. The van der Waals surface area contributed by atoms with Crippen molar-refractivity contribution >= 4 is 5.78 Å². The van der Waals surface area contributed by atoms with Gasteiger partial charge in [0.05, 0.1) is 0 Å². The summed E-state index contributed by atoms with van der Waals surface area (Å²) in [5.41, 5.74) is -1.41. The SMILES string of the molecule is CCC(C)C(=O)C1(F)CC1. The van der Waals surface area contributed by atoms with Crippen molar-refractivity contribution in [3.63, 3.8) is 0 Å². The molecule has 0 aromatic rings. The molecule has 0 radical (unpaired) electrons. The summed E-state index contributed by atoms with van der Waals surface area (Å²) in [7, 11) is 0. The Balaban J connectivity index is 2.49. The minimum atomic E-state index is -1.41. The van der Waals surface area contributed by atoms with E-state index in [1.54, 1.807) is 6.92 Å². The molecule has 1 aliphatic rings. The predicted molar refractivity (Wildman–Crippen MR) is 37.5 cm³/mol. The molecule has 0 saturated heterocycles. The molecule has 1 fully saturated rings. The fourth-order valence-electron chi connectivity index (χ4n) is 0.983. The van der Waals surface area contributed by atoms with Crippen LogP contribution in [0.25, 0.3) is 0 Å². The lowest BCUT2D eigenvalue weighted by Crippen LogP contribution is -2.23. The predicted octanol–water partition coefficient (Wildman–Crippen LogP) is 2.10. The Morgan fingerprint density at radius 3 is 2.50 bits per heavy atom. The molecule has 0 amide bonds. The van der Waals surface area contributed by atoms with E-state index >= 15 is 0 Å². The lowest BCUT2D eigenvalue weighted by atomic mass is 9.99. The smallest absolute Gasteiger partial charge is 0.172 e. The standard InChI is InChI=1S/C8H13FO/c1-3-6(2)7(10)8(9)4-5-8/h6H,3-5H2,1-2H3. The van der Waals surface area contributed by atoms with Crippen LogP contribution in [0.1, 0.15) is 33.1 Å². The summed E-state index contributed by atoms with van der Waals surface area (Å²) in [4.78, 5) is 11.1. The van der Waals surface area contributed by atoms with E-state index in [0.29, 0.717) is 12.8 Å². The molecular formula is C8H13FO. The molecule has 0 aliphatic heterocycles. The van der Waals surface area contributed by atoms with Crippen molar-refractivity contribution in [2.45, 2.75) is 38.8 Å². The van der Waals surface area contributed by atoms with Gasteiger partial charge in [-0.05, 0) is 19.3 Å². The van der Waals surface area contributed by atoms with Gasteiger partial charge in [-0.25, -0.2) is 4.39 Å². The normalized spacial score (nSPS) is 23.9. The van der Waals surface area contributed by atoms with Crippen molar-refractivity contribution < 1.29 is 9.18 Å². The summed E-state index contributed by atoms with van der Waals surface area (Å²) in [6.45, 7) is 3.70. The summed E-state index contributed by atoms with van der Waals surface area (Å²) < 4.78 is 13.0. The van der Waals surface area contributed by atoms with Gasteiger partial charge in [-0.3, -0.25) is 4.79 Å². The van der Waals surface area contributed by atoms with E-state index in [2.05, 4.69) is 0 Å². The van der Waals surface area contributed by atoms with Crippen molar-refractivity contribution in [1.82, 2.24) is 0 Å². The topological polar surface area (TPSA) is 17.1 Å². The monoisotopic (exact) mass is 144 g/mol. The molecule has 1 unspecified atom stereocenters. The maximum absolute atomic E-state index is 13.0. The van der Waals surface area contributed by atoms with Gasteiger partial charge >= 0.3 is 0 Å². The van der Waals surface area contributed by atoms with Gasteiger partial charge in [0.25, 0.3) is 0 Å². The minimum absolute atomic E-state index is 0.0903. The zero-order valence-electron chi connectivity index (χ0n) is 6.48. The number of ketones is 1. The van der Waals surface area contributed by atoms with Crippen molar-refractivity contribution in [2.75, 3.05) is 0 Å². The molecule has 10 heavy (non-hydrogen) atoms. The summed E-state index contributed by atoms with van der Waals surface area (Å²) in [6, 6.07) is 0. The van der Waals surface area contributed by atoms with E-state index in [0.717, 1.165) is 6.42 Å². The van der Waals surface area contributed by atoms with Gasteiger partial charge in [0.1, 0.15) is 0 Å². The van der Waals surface area contributed by atoms with Crippen LogP contribution in [-0.2, 0) is 4.79 Å². The van der Waals surface area contributed by atoms with Crippen molar-refractivity contribution in [1.29, 1.82) is 0 Å². The molecule has 0 N–H and O–H groups in total. The number of hydrogen-bond donors (Lipinski definition) is 0. The Hall–Kier alpha value is -0.400. The van der Waals surface area contributed by atoms with Crippen LogP contribution >= 0.6 is 0 Å². The lowest BCUT2D eigenvalue weighted by molar-refractivity contribution is -0.128. The first-order valence-corrected chi connectivity index (χ1v) is 3.83. The van der Waals surface area contributed by atoms with Crippen molar-refractivity contribution in [3.05, 3.63) is 0 Å². The molecule has 0 heterocycles. The molecule has 2 heteroatoms. The highest BCUT2D eigenvalue weighted by Crippen LogP contribution is 2.42. The summed E-state index contributed by atoms with van der Waals surface area (Å²) >= 11 is 0. The molecule has 1 rings (SSSR count). The van der Waals surface area contributed by atoms with Crippen LogP contribution in [-0.4, -0.2) is 11.5 Å². The second-order valence-electron chi connectivity index (χ2n) is 3.14. The van der Waals surface area contributed by atoms with Crippen LogP contribution in [0.15, 0.2) is 0 Å². The second kappa shape index (κ2) is 2.33. The number of alkyl halides is 1. The average molecular weight is 144 g/mol. The van der Waals surface area contributed by atoms with Crippen LogP contribution in [0.3, 0.4) is 0 Å². The zero-order chi connectivity index (χ0) is 7.78. The quantitative estimate of drug-likeness (QED) is 0.592. The Morgan fingerprint density at radius 2 is 2.20 bits per heavy atom. The number of hydrogen-bond acceptors (Lipinski definition) is 1. The highest BCUT2D eigenvalue weighted by Gasteiger charge is 2.51. The third-order valence-electron chi connectivity index (χ3n) is 2.19. The summed E-state index contributed by atoms with van der Waals surface area (Å²) in [5.74, 6) is -0.275. The largest absolute Gasteiger partial charge is 0.296 e. The summed E-state index contributed by atoms with van der Waals surface area (Å²) in [6.07, 6.45) is 1.66. The van der Waals surface area contributed by atoms with Gasteiger partial charge in [-0.1, -0.05) is 13.8 Å². The molecule has 58 valence electrons. The van der Waals surface area contributed by atoms with Gasteiger partial charge in [-0.15, -0.1) is 0 Å². The van der Waals surface area contributed by atoms with Gasteiger partial charge < -0.3 is 0 Å². The van der Waals surface area contributed by atoms with Crippen LogP contribution in [0.5, 0.6) is 0 Å². The molecule has 1 saturated carbocycles. The van der Waals surface area contributed by atoms with Gasteiger partial charge in [0, 0.05) is 5.92 Å². The Morgan fingerprint density at radius 1 is 1.70 bits per heavy atom. The van der Waals surface area contributed by atoms with Crippen molar-refractivity contribution in [2.24, 2.45) is 5.92 Å². The maximum atomic E-state index is 13.0. The van der Waals surface area contributed by atoms with E-state index < -0.39 is 5.67 Å². The molecule has 0 aromatic carbocycles. The number of carbonyl (C=O) groups is 1. The number of halogens is 1. The molecule has 0 aromatic heterocycles. The highest BCUT2D eigenvalue weighted by atomic mass is 19.1. The second-order valence-corrected chi connectivity index (χ2v) is 3.14. The minimum Gasteiger partial charge on any atom is -0.296 e. The third kappa shape index (κ3) is 1.20. The molecule has 0 bridgehead atoms. The highest BCUT2D eigenvalue weighted by molar-refractivity contribution is 5.91. The van der Waals surface area contributed by atoms with E-state index in [1.807, 2.05) is 6.92 Å².